The minimum Gasteiger partial charge on any atom is -0.493 e. The van der Waals surface area contributed by atoms with Crippen molar-refractivity contribution >= 4 is 5.91 Å². The van der Waals surface area contributed by atoms with Crippen molar-refractivity contribution in [1.82, 2.24) is 5.32 Å². The third-order valence-corrected chi connectivity index (χ3v) is 4.07. The molecule has 2 aromatic rings. The minimum atomic E-state index is -0.628. The van der Waals surface area contributed by atoms with Crippen LogP contribution in [0.4, 0.5) is 8.78 Å². The van der Waals surface area contributed by atoms with Gasteiger partial charge < -0.3 is 19.5 Å². The number of ether oxygens (including phenoxy) is 3. The fourth-order valence-electron chi connectivity index (χ4n) is 2.80. The number of aryl methyl sites for hydroxylation is 1. The Morgan fingerprint density at radius 3 is 2.19 bits per heavy atom. The summed E-state index contributed by atoms with van der Waals surface area (Å²) in [6.07, 6.45) is 1.04. The molecule has 0 aliphatic heterocycles. The van der Waals surface area contributed by atoms with Crippen LogP contribution >= 0.6 is 0 Å². The third kappa shape index (κ3) is 5.57. The van der Waals surface area contributed by atoms with E-state index < -0.39 is 11.6 Å². The van der Waals surface area contributed by atoms with Gasteiger partial charge in [-0.25, -0.2) is 8.78 Å². The van der Waals surface area contributed by atoms with E-state index in [0.717, 1.165) is 11.6 Å². The second-order valence-electron chi connectivity index (χ2n) is 5.87. The Kier molecular flexibility index (Phi) is 7.40. The number of benzene rings is 2. The molecule has 27 heavy (non-hydrogen) atoms. The molecule has 0 aromatic heterocycles. The van der Waals surface area contributed by atoms with Crippen molar-refractivity contribution in [2.45, 2.75) is 19.3 Å². The maximum atomic E-state index is 13.2. The number of methoxy groups -OCH3 is 3. The largest absolute Gasteiger partial charge is 0.493 e. The van der Waals surface area contributed by atoms with E-state index in [1.807, 2.05) is 6.07 Å². The predicted octanol–water partition coefficient (Wildman–Crippen LogP) is 3.28. The number of carbonyl (C=O) groups excluding carboxylic acids is 1. The third-order valence-electron chi connectivity index (χ3n) is 4.07. The molecule has 5 nitrogen and oxygen atoms in total. The first-order valence-corrected chi connectivity index (χ1v) is 8.48. The molecular formula is C20H23F2NO4. The van der Waals surface area contributed by atoms with E-state index in [1.54, 1.807) is 6.07 Å². The van der Waals surface area contributed by atoms with Crippen molar-refractivity contribution in [2.75, 3.05) is 27.9 Å². The number of halogens is 2. The van der Waals surface area contributed by atoms with Crippen molar-refractivity contribution < 1.29 is 27.8 Å². The fraction of sp³-hybridized carbons (Fsp3) is 0.350. The lowest BCUT2D eigenvalue weighted by molar-refractivity contribution is -0.121. The standard InChI is InChI=1S/C20H23F2NO4/c1-25-17-6-4-14(19(26-2)20(17)27-3)5-7-18(24)23-9-8-13-10-15(21)12-16(22)11-13/h4,6,10-12H,5,7-9H2,1-3H3,(H,23,24). The highest BCUT2D eigenvalue weighted by molar-refractivity contribution is 5.76. The Labute approximate surface area is 157 Å². The van der Waals surface area contributed by atoms with Crippen LogP contribution in [0, 0.1) is 11.6 Å². The van der Waals surface area contributed by atoms with Crippen molar-refractivity contribution in [2.24, 2.45) is 0 Å². The Morgan fingerprint density at radius 2 is 1.59 bits per heavy atom. The van der Waals surface area contributed by atoms with E-state index >= 15 is 0 Å². The van der Waals surface area contributed by atoms with E-state index in [-0.39, 0.29) is 12.3 Å². The van der Waals surface area contributed by atoms with E-state index in [2.05, 4.69) is 5.32 Å². The van der Waals surface area contributed by atoms with Crippen molar-refractivity contribution in [3.63, 3.8) is 0 Å². The maximum absolute atomic E-state index is 13.2. The molecule has 146 valence electrons. The lowest BCUT2D eigenvalue weighted by Gasteiger charge is -2.15. The zero-order valence-corrected chi connectivity index (χ0v) is 15.6. The van der Waals surface area contributed by atoms with Gasteiger partial charge in [-0.15, -0.1) is 0 Å². The predicted molar refractivity (Wildman–Crippen MR) is 97.5 cm³/mol. The van der Waals surface area contributed by atoms with Crippen LogP contribution in [0.3, 0.4) is 0 Å². The summed E-state index contributed by atoms with van der Waals surface area (Å²) in [7, 11) is 4.58. The van der Waals surface area contributed by atoms with Gasteiger partial charge in [0.05, 0.1) is 21.3 Å². The highest BCUT2D eigenvalue weighted by Crippen LogP contribution is 2.40. The van der Waals surface area contributed by atoms with Gasteiger partial charge in [-0.3, -0.25) is 4.79 Å². The Hall–Kier alpha value is -2.83. The van der Waals surface area contributed by atoms with Gasteiger partial charge in [0.15, 0.2) is 11.5 Å². The average Bonchev–Trinajstić information content (AvgIpc) is 2.64. The molecule has 7 heteroatoms. The van der Waals surface area contributed by atoms with E-state index in [0.29, 0.717) is 42.2 Å². The van der Waals surface area contributed by atoms with Crippen LogP contribution in [0.2, 0.25) is 0 Å². The van der Waals surface area contributed by atoms with Gasteiger partial charge in [-0.1, -0.05) is 6.07 Å². The summed E-state index contributed by atoms with van der Waals surface area (Å²) < 4.78 is 42.3. The van der Waals surface area contributed by atoms with E-state index in [4.69, 9.17) is 14.2 Å². The first-order valence-electron chi connectivity index (χ1n) is 8.48. The van der Waals surface area contributed by atoms with Crippen LogP contribution in [0.25, 0.3) is 0 Å². The topological polar surface area (TPSA) is 56.8 Å². The molecule has 0 heterocycles. The maximum Gasteiger partial charge on any atom is 0.220 e. The molecule has 0 radical (unpaired) electrons. The number of hydrogen-bond acceptors (Lipinski definition) is 4. The van der Waals surface area contributed by atoms with Crippen LogP contribution < -0.4 is 19.5 Å². The van der Waals surface area contributed by atoms with Gasteiger partial charge >= 0.3 is 0 Å². The van der Waals surface area contributed by atoms with Gasteiger partial charge in [0.1, 0.15) is 11.6 Å². The summed E-state index contributed by atoms with van der Waals surface area (Å²) >= 11 is 0. The van der Waals surface area contributed by atoms with Crippen LogP contribution in [-0.2, 0) is 17.6 Å². The summed E-state index contributed by atoms with van der Waals surface area (Å²) in [6.45, 7) is 0.296. The molecule has 0 saturated carbocycles. The van der Waals surface area contributed by atoms with Gasteiger partial charge in [0.2, 0.25) is 11.7 Å². The van der Waals surface area contributed by atoms with Crippen LogP contribution in [0.1, 0.15) is 17.5 Å². The van der Waals surface area contributed by atoms with Crippen LogP contribution in [-0.4, -0.2) is 33.8 Å². The summed E-state index contributed by atoms with van der Waals surface area (Å²) in [5.41, 5.74) is 1.31. The molecule has 0 aliphatic rings. The molecule has 0 aliphatic carbocycles. The summed E-state index contributed by atoms with van der Waals surface area (Å²) in [4.78, 5) is 12.1. The fourth-order valence-corrected chi connectivity index (χ4v) is 2.80. The zero-order chi connectivity index (χ0) is 19.8. The molecule has 0 atom stereocenters. The molecular weight excluding hydrogens is 356 g/mol. The minimum absolute atomic E-state index is 0.163. The molecule has 0 fully saturated rings. The van der Waals surface area contributed by atoms with Crippen molar-refractivity contribution in [1.29, 1.82) is 0 Å². The Morgan fingerprint density at radius 1 is 0.926 bits per heavy atom. The second kappa shape index (κ2) is 9.75. The molecule has 1 amide bonds. The average molecular weight is 379 g/mol. The smallest absolute Gasteiger partial charge is 0.220 e. The number of carbonyl (C=O) groups is 1. The van der Waals surface area contributed by atoms with Gasteiger partial charge in [-0.2, -0.15) is 0 Å². The quantitative estimate of drug-likeness (QED) is 0.727. The van der Waals surface area contributed by atoms with Crippen LogP contribution in [0.5, 0.6) is 17.2 Å². The first kappa shape index (κ1) is 20.5. The molecule has 2 rings (SSSR count). The molecule has 0 bridgehead atoms. The molecule has 0 spiro atoms. The van der Waals surface area contributed by atoms with E-state index in [9.17, 15) is 13.6 Å². The van der Waals surface area contributed by atoms with Gasteiger partial charge in [0.25, 0.3) is 0 Å². The Balaban J connectivity index is 1.90. The lowest BCUT2D eigenvalue weighted by atomic mass is 10.1. The Bertz CT molecular complexity index is 776. The second-order valence-corrected chi connectivity index (χ2v) is 5.87. The molecule has 0 unspecified atom stereocenters. The van der Waals surface area contributed by atoms with Crippen LogP contribution in [0.15, 0.2) is 30.3 Å². The van der Waals surface area contributed by atoms with Gasteiger partial charge in [-0.05, 0) is 42.2 Å². The summed E-state index contributed by atoms with van der Waals surface area (Å²) in [5.74, 6) is 0.133. The monoisotopic (exact) mass is 379 g/mol. The highest BCUT2D eigenvalue weighted by Gasteiger charge is 2.16. The first-order chi connectivity index (χ1) is 13.0. The van der Waals surface area contributed by atoms with Gasteiger partial charge in [0, 0.05) is 19.0 Å². The SMILES string of the molecule is COc1ccc(CCC(=O)NCCc2cc(F)cc(F)c2)c(OC)c1OC. The lowest BCUT2D eigenvalue weighted by Crippen LogP contribution is -2.26. The number of hydrogen-bond donors (Lipinski definition) is 1. The highest BCUT2D eigenvalue weighted by atomic mass is 19.1. The number of rotatable bonds is 9. The summed E-state index contributed by atoms with van der Waals surface area (Å²) in [6, 6.07) is 6.90. The normalized spacial score (nSPS) is 10.4. The molecule has 2 aromatic carbocycles. The van der Waals surface area contributed by atoms with Crippen molar-refractivity contribution in [3.05, 3.63) is 53.1 Å². The summed E-state index contributed by atoms with van der Waals surface area (Å²) in [5, 5.41) is 2.75. The molecule has 0 saturated heterocycles. The number of amides is 1. The van der Waals surface area contributed by atoms with Crippen molar-refractivity contribution in [3.8, 4) is 17.2 Å². The van der Waals surface area contributed by atoms with E-state index in [1.165, 1.54) is 33.5 Å². The number of nitrogens with one attached hydrogen (secondary N) is 1. The molecule has 1 N–H and O–H groups in total. The zero-order valence-electron chi connectivity index (χ0n) is 15.6.